The Bertz CT molecular complexity index is 753. The van der Waals surface area contributed by atoms with E-state index in [0.717, 1.165) is 57.6 Å². The van der Waals surface area contributed by atoms with Gasteiger partial charge in [-0.1, -0.05) is 6.07 Å². The second-order valence-corrected chi connectivity index (χ2v) is 7.68. The molecular formula is C20H26F3N5. The van der Waals surface area contributed by atoms with E-state index in [-0.39, 0.29) is 0 Å². The number of likely N-dealkylation sites (tertiary alicyclic amines) is 1. The first-order valence-electron chi connectivity index (χ1n) is 9.85. The molecule has 2 saturated heterocycles. The van der Waals surface area contributed by atoms with Crippen LogP contribution in [0, 0.1) is 0 Å². The zero-order valence-corrected chi connectivity index (χ0v) is 15.8. The van der Waals surface area contributed by atoms with E-state index in [9.17, 15) is 13.2 Å². The zero-order chi connectivity index (χ0) is 19.6. The SMILES string of the molecule is FC(F)(F)c1cccc(N2CCN([C@@H]3CCCN(Cc4cnc[nH]4)C3)CC2)c1. The van der Waals surface area contributed by atoms with E-state index in [1.54, 1.807) is 12.4 Å². The molecule has 1 aromatic carbocycles. The lowest BCUT2D eigenvalue weighted by molar-refractivity contribution is -0.137. The molecule has 0 amide bonds. The summed E-state index contributed by atoms with van der Waals surface area (Å²) < 4.78 is 38.9. The number of benzene rings is 1. The van der Waals surface area contributed by atoms with Gasteiger partial charge in [-0.15, -0.1) is 0 Å². The Kier molecular flexibility index (Phi) is 5.59. The number of imidazole rings is 1. The fraction of sp³-hybridized carbons (Fsp3) is 0.550. The van der Waals surface area contributed by atoms with Crippen molar-refractivity contribution in [1.82, 2.24) is 19.8 Å². The molecule has 1 atom stereocenters. The fourth-order valence-electron chi connectivity index (χ4n) is 4.31. The fourth-order valence-corrected chi connectivity index (χ4v) is 4.31. The third-order valence-corrected chi connectivity index (χ3v) is 5.80. The van der Waals surface area contributed by atoms with Crippen molar-refractivity contribution in [2.45, 2.75) is 31.6 Å². The lowest BCUT2D eigenvalue weighted by Gasteiger charge is -2.44. The number of nitrogens with one attached hydrogen (secondary N) is 1. The molecule has 3 heterocycles. The number of piperidine rings is 1. The molecule has 0 aliphatic carbocycles. The number of aromatic nitrogens is 2. The van der Waals surface area contributed by atoms with Crippen molar-refractivity contribution in [2.24, 2.45) is 0 Å². The third kappa shape index (κ3) is 4.50. The van der Waals surface area contributed by atoms with Crippen LogP contribution in [0.3, 0.4) is 0 Å². The number of piperazine rings is 1. The molecule has 5 nitrogen and oxygen atoms in total. The van der Waals surface area contributed by atoms with Crippen molar-refractivity contribution in [2.75, 3.05) is 44.2 Å². The van der Waals surface area contributed by atoms with Gasteiger partial charge in [0.15, 0.2) is 0 Å². The molecule has 0 spiro atoms. The number of alkyl halides is 3. The van der Waals surface area contributed by atoms with Gasteiger partial charge in [0.2, 0.25) is 0 Å². The first-order chi connectivity index (χ1) is 13.5. The first kappa shape index (κ1) is 19.3. The second kappa shape index (κ2) is 8.13. The summed E-state index contributed by atoms with van der Waals surface area (Å²) in [6, 6.07) is 6.19. The zero-order valence-electron chi connectivity index (χ0n) is 15.8. The highest BCUT2D eigenvalue weighted by Gasteiger charge is 2.32. The summed E-state index contributed by atoms with van der Waals surface area (Å²) in [5.74, 6) is 0. The Morgan fingerprint density at radius 1 is 1.11 bits per heavy atom. The van der Waals surface area contributed by atoms with Crippen LogP contribution >= 0.6 is 0 Å². The lowest BCUT2D eigenvalue weighted by atomic mass is 10.0. The molecule has 4 rings (SSSR count). The number of aromatic amines is 1. The van der Waals surface area contributed by atoms with Crippen LogP contribution in [0.1, 0.15) is 24.1 Å². The van der Waals surface area contributed by atoms with E-state index in [4.69, 9.17) is 0 Å². The highest BCUT2D eigenvalue weighted by Crippen LogP contribution is 2.32. The summed E-state index contributed by atoms with van der Waals surface area (Å²) in [7, 11) is 0. The molecule has 152 valence electrons. The predicted molar refractivity (Wildman–Crippen MR) is 102 cm³/mol. The summed E-state index contributed by atoms with van der Waals surface area (Å²) in [5.41, 5.74) is 1.23. The molecule has 8 heteroatoms. The van der Waals surface area contributed by atoms with E-state index < -0.39 is 11.7 Å². The number of halogens is 3. The topological polar surface area (TPSA) is 38.4 Å². The molecule has 0 radical (unpaired) electrons. The van der Waals surface area contributed by atoms with Gasteiger partial charge < -0.3 is 9.88 Å². The third-order valence-electron chi connectivity index (χ3n) is 5.80. The van der Waals surface area contributed by atoms with Crippen molar-refractivity contribution >= 4 is 5.69 Å². The van der Waals surface area contributed by atoms with Crippen LogP contribution in [0.25, 0.3) is 0 Å². The van der Waals surface area contributed by atoms with Crippen LogP contribution in [0.2, 0.25) is 0 Å². The Morgan fingerprint density at radius 2 is 1.93 bits per heavy atom. The Hall–Kier alpha value is -2.06. The monoisotopic (exact) mass is 393 g/mol. The molecule has 2 aliphatic heterocycles. The van der Waals surface area contributed by atoms with Crippen molar-refractivity contribution < 1.29 is 13.2 Å². The average Bonchev–Trinajstić information content (AvgIpc) is 3.21. The second-order valence-electron chi connectivity index (χ2n) is 7.68. The Balaban J connectivity index is 1.32. The molecule has 0 saturated carbocycles. The van der Waals surface area contributed by atoms with Crippen LogP contribution in [0.4, 0.5) is 18.9 Å². The van der Waals surface area contributed by atoms with Crippen LogP contribution in [-0.2, 0) is 12.7 Å². The molecule has 2 aliphatic rings. The normalized spacial score (nSPS) is 22.5. The molecule has 0 bridgehead atoms. The Morgan fingerprint density at radius 3 is 2.64 bits per heavy atom. The summed E-state index contributed by atoms with van der Waals surface area (Å²) in [4.78, 5) is 14.3. The maximum Gasteiger partial charge on any atom is 0.416 e. The largest absolute Gasteiger partial charge is 0.416 e. The van der Waals surface area contributed by atoms with E-state index in [0.29, 0.717) is 11.7 Å². The highest BCUT2D eigenvalue weighted by atomic mass is 19.4. The van der Waals surface area contributed by atoms with Gasteiger partial charge in [-0.3, -0.25) is 9.80 Å². The minimum Gasteiger partial charge on any atom is -0.369 e. The number of nitrogens with zero attached hydrogens (tertiary/aromatic N) is 4. The highest BCUT2D eigenvalue weighted by molar-refractivity contribution is 5.49. The molecular weight excluding hydrogens is 367 g/mol. The van der Waals surface area contributed by atoms with Crippen molar-refractivity contribution in [3.8, 4) is 0 Å². The van der Waals surface area contributed by atoms with Crippen LogP contribution in [-0.4, -0.2) is 65.1 Å². The number of hydrogen-bond acceptors (Lipinski definition) is 4. The van der Waals surface area contributed by atoms with Crippen molar-refractivity contribution in [3.63, 3.8) is 0 Å². The van der Waals surface area contributed by atoms with Crippen molar-refractivity contribution in [3.05, 3.63) is 48.0 Å². The first-order valence-corrected chi connectivity index (χ1v) is 9.85. The minimum absolute atomic E-state index is 0.514. The maximum atomic E-state index is 13.0. The quantitative estimate of drug-likeness (QED) is 0.866. The predicted octanol–water partition coefficient (Wildman–Crippen LogP) is 3.22. The summed E-state index contributed by atoms with van der Waals surface area (Å²) >= 11 is 0. The maximum absolute atomic E-state index is 13.0. The van der Waals surface area contributed by atoms with E-state index in [2.05, 4.69) is 24.7 Å². The van der Waals surface area contributed by atoms with Crippen molar-refractivity contribution in [1.29, 1.82) is 0 Å². The molecule has 1 aromatic heterocycles. The van der Waals surface area contributed by atoms with Crippen LogP contribution < -0.4 is 4.90 Å². The molecule has 2 aromatic rings. The van der Waals surface area contributed by atoms with Gasteiger partial charge in [0.1, 0.15) is 0 Å². The van der Waals surface area contributed by atoms with Gasteiger partial charge in [0.05, 0.1) is 11.9 Å². The average molecular weight is 393 g/mol. The lowest BCUT2D eigenvalue weighted by Crippen LogP contribution is -2.55. The van der Waals surface area contributed by atoms with Crippen LogP contribution in [0.15, 0.2) is 36.8 Å². The summed E-state index contributed by atoms with van der Waals surface area (Å²) in [6.07, 6.45) is 1.65. The molecule has 2 fully saturated rings. The van der Waals surface area contributed by atoms with E-state index in [1.807, 2.05) is 6.20 Å². The Labute approximate surface area is 163 Å². The number of H-pyrrole nitrogens is 1. The van der Waals surface area contributed by atoms with Gasteiger partial charge in [-0.2, -0.15) is 13.2 Å². The minimum atomic E-state index is -4.29. The summed E-state index contributed by atoms with van der Waals surface area (Å²) in [5, 5.41) is 0. The van der Waals surface area contributed by atoms with Gasteiger partial charge in [-0.25, -0.2) is 4.98 Å². The number of hydrogen-bond donors (Lipinski definition) is 1. The van der Waals surface area contributed by atoms with Gasteiger partial charge in [-0.05, 0) is 37.6 Å². The number of rotatable bonds is 4. The molecule has 0 unspecified atom stereocenters. The van der Waals surface area contributed by atoms with E-state index in [1.165, 1.54) is 25.0 Å². The van der Waals surface area contributed by atoms with Crippen LogP contribution in [0.5, 0.6) is 0 Å². The molecule has 28 heavy (non-hydrogen) atoms. The standard InChI is InChI=1S/C20H26F3N5/c21-20(22,23)16-3-1-4-18(11-16)27-7-9-28(10-8-27)19-5-2-6-26(14-19)13-17-12-24-15-25-17/h1,3-4,11-12,15,19H,2,5-10,13-14H2,(H,24,25)/t19-/m1/s1. The summed E-state index contributed by atoms with van der Waals surface area (Å²) in [6.45, 7) is 6.32. The van der Waals surface area contributed by atoms with Gasteiger partial charge in [0.25, 0.3) is 0 Å². The molecule has 1 N–H and O–H groups in total. The smallest absolute Gasteiger partial charge is 0.369 e. The number of anilines is 1. The van der Waals surface area contributed by atoms with Gasteiger partial charge >= 0.3 is 6.18 Å². The van der Waals surface area contributed by atoms with Gasteiger partial charge in [0, 0.05) is 62.9 Å². The van der Waals surface area contributed by atoms with E-state index >= 15 is 0 Å².